The second-order valence-corrected chi connectivity index (χ2v) is 11.6. The van der Waals surface area contributed by atoms with Gasteiger partial charge in [0.15, 0.2) is 17.3 Å². The van der Waals surface area contributed by atoms with Gasteiger partial charge in [-0.25, -0.2) is 18.8 Å². The number of thiazole rings is 1. The summed E-state index contributed by atoms with van der Waals surface area (Å²) in [6, 6.07) is 6.49. The van der Waals surface area contributed by atoms with Crippen molar-refractivity contribution in [1.29, 1.82) is 0 Å². The first kappa shape index (κ1) is 27.0. The van der Waals surface area contributed by atoms with E-state index in [2.05, 4.69) is 20.4 Å². The second-order valence-electron chi connectivity index (χ2n) is 8.97. The summed E-state index contributed by atoms with van der Waals surface area (Å²) >= 11 is 1.08. The number of amides is 2. The van der Waals surface area contributed by atoms with Crippen LogP contribution in [0.2, 0.25) is 0 Å². The van der Waals surface area contributed by atoms with Crippen LogP contribution in [-0.4, -0.2) is 71.9 Å². The molecule has 0 radical (unpaired) electrons. The first-order chi connectivity index (χ1) is 17.5. The number of aliphatic hydroxyl groups is 2. The molecule has 14 heteroatoms. The minimum absolute atomic E-state index is 0.173. The summed E-state index contributed by atoms with van der Waals surface area (Å²) in [4.78, 5) is 31.3. The van der Waals surface area contributed by atoms with Gasteiger partial charge in [-0.1, -0.05) is 18.2 Å². The fraction of sp³-hybridized carbons (Fsp3) is 0.435. The van der Waals surface area contributed by atoms with E-state index >= 15 is 0 Å². The Morgan fingerprint density at radius 3 is 2.59 bits per heavy atom. The van der Waals surface area contributed by atoms with Crippen molar-refractivity contribution >= 4 is 44.0 Å². The van der Waals surface area contributed by atoms with Gasteiger partial charge in [0.2, 0.25) is 10.0 Å². The molecule has 2 aliphatic rings. The van der Waals surface area contributed by atoms with E-state index in [1.807, 2.05) is 41.6 Å². The second kappa shape index (κ2) is 11.1. The Hall–Kier alpha value is -3.04. The van der Waals surface area contributed by atoms with Crippen LogP contribution in [0.4, 0.5) is 10.8 Å². The number of carbonyl (C=O) groups excluding carboxylic acids is 2. The summed E-state index contributed by atoms with van der Waals surface area (Å²) in [6.45, 7) is 2.80. The van der Waals surface area contributed by atoms with Crippen LogP contribution in [0, 0.1) is 0 Å². The van der Waals surface area contributed by atoms with Crippen LogP contribution in [0.15, 0.2) is 41.9 Å². The molecule has 1 fully saturated rings. The highest BCUT2D eigenvalue weighted by Gasteiger charge is 2.39. The molecule has 0 aliphatic carbocycles. The molecule has 0 spiro atoms. The number of carbonyl (C=O) groups is 2. The molecule has 2 amide bonds. The number of aromatic nitrogens is 1. The van der Waals surface area contributed by atoms with E-state index in [0.29, 0.717) is 25.1 Å². The van der Waals surface area contributed by atoms with Crippen molar-refractivity contribution < 1.29 is 28.2 Å². The third-order valence-electron chi connectivity index (χ3n) is 6.16. The van der Waals surface area contributed by atoms with Gasteiger partial charge in [0.1, 0.15) is 0 Å². The lowest BCUT2D eigenvalue weighted by Crippen LogP contribution is -2.51. The van der Waals surface area contributed by atoms with Crippen molar-refractivity contribution in [3.05, 3.63) is 53.2 Å². The van der Waals surface area contributed by atoms with Gasteiger partial charge < -0.3 is 20.4 Å². The van der Waals surface area contributed by atoms with Crippen LogP contribution < -0.4 is 20.5 Å². The molecular formula is C23H30N6O6S2. The molecule has 2 aromatic rings. The predicted octanol–water partition coefficient (Wildman–Crippen LogP) is 0.616. The number of hydrazine groups is 1. The van der Waals surface area contributed by atoms with Gasteiger partial charge in [-0.3, -0.25) is 19.3 Å². The van der Waals surface area contributed by atoms with Gasteiger partial charge >= 0.3 is 0 Å². The molecule has 12 nitrogen and oxygen atoms in total. The van der Waals surface area contributed by atoms with E-state index in [0.717, 1.165) is 35.4 Å². The van der Waals surface area contributed by atoms with Crippen LogP contribution in [0.3, 0.4) is 0 Å². The highest BCUT2D eigenvalue weighted by atomic mass is 32.2. The molecular weight excluding hydrogens is 520 g/mol. The van der Waals surface area contributed by atoms with E-state index in [1.54, 1.807) is 12.3 Å². The Kier molecular flexibility index (Phi) is 8.14. The minimum Gasteiger partial charge on any atom is -0.380 e. The third-order valence-corrected chi connectivity index (χ3v) is 7.63. The topological polar surface area (TPSA) is 164 Å². The van der Waals surface area contributed by atoms with Crippen LogP contribution >= 0.6 is 11.3 Å². The molecule has 0 unspecified atom stereocenters. The molecule has 0 bridgehead atoms. The average Bonchev–Trinajstić information content (AvgIpc) is 3.63. The Morgan fingerprint density at radius 2 is 1.95 bits per heavy atom. The van der Waals surface area contributed by atoms with Gasteiger partial charge in [-0.05, 0) is 37.5 Å². The van der Waals surface area contributed by atoms with Gasteiger partial charge in [0.05, 0.1) is 29.7 Å². The number of hydrogen-bond donors (Lipinski definition) is 5. The highest BCUT2D eigenvalue weighted by Crippen LogP contribution is 2.34. The fourth-order valence-corrected chi connectivity index (χ4v) is 5.89. The number of benzene rings is 1. The van der Waals surface area contributed by atoms with Crippen LogP contribution in [-0.2, 0) is 19.6 Å². The number of hydrogen-bond acceptors (Lipinski definition) is 10. The lowest BCUT2D eigenvalue weighted by atomic mass is 10.1. The standard InChI is InChI=1S/C23H30N6O6S2/c1-14(15-6-8-16(9-7-15)29-12-4-10-24-29)25-21(32)19(30)20(31)22(33)28-11-3-5-18(28)17-13-36-23(26-17)27-37(2,34)35/h4,6-9,12-14,18-20,24,30-31H,3,5,10-11H2,1-2H3,(H,25,32)(H,26,27)/t14-,18-,19-,20-/m1/s1. The van der Waals surface area contributed by atoms with Crippen molar-refractivity contribution in [3.8, 4) is 0 Å². The summed E-state index contributed by atoms with van der Waals surface area (Å²) in [5.74, 6) is -1.66. The largest absolute Gasteiger partial charge is 0.380 e. The van der Waals surface area contributed by atoms with Crippen LogP contribution in [0.1, 0.15) is 43.1 Å². The maximum Gasteiger partial charge on any atom is 0.255 e. The van der Waals surface area contributed by atoms with E-state index in [1.165, 1.54) is 4.90 Å². The van der Waals surface area contributed by atoms with E-state index in [-0.39, 0.29) is 5.13 Å². The lowest BCUT2D eigenvalue weighted by molar-refractivity contribution is -0.154. The molecule has 4 atom stereocenters. The number of nitrogens with one attached hydrogen (secondary N) is 3. The Bertz CT molecular complexity index is 1260. The van der Waals surface area contributed by atoms with E-state index in [4.69, 9.17) is 0 Å². The Labute approximate surface area is 219 Å². The fourth-order valence-electron chi connectivity index (χ4n) is 4.28. The molecule has 3 heterocycles. The van der Waals surface area contributed by atoms with Crippen molar-refractivity contribution in [2.24, 2.45) is 0 Å². The molecule has 2 aliphatic heterocycles. The number of aliphatic hydroxyl groups excluding tert-OH is 2. The van der Waals surface area contributed by atoms with Crippen molar-refractivity contribution in [2.45, 2.75) is 44.1 Å². The molecule has 1 aromatic carbocycles. The van der Waals surface area contributed by atoms with E-state index < -0.39 is 46.1 Å². The van der Waals surface area contributed by atoms with Crippen molar-refractivity contribution in [1.82, 2.24) is 20.6 Å². The normalized spacial score (nSPS) is 20.1. The van der Waals surface area contributed by atoms with E-state index in [9.17, 15) is 28.2 Å². The maximum absolute atomic E-state index is 13.0. The number of sulfonamides is 1. The average molecular weight is 551 g/mol. The smallest absolute Gasteiger partial charge is 0.255 e. The molecule has 1 saturated heterocycles. The molecule has 37 heavy (non-hydrogen) atoms. The van der Waals surface area contributed by atoms with Gasteiger partial charge in [-0.2, -0.15) is 0 Å². The number of rotatable bonds is 9. The highest BCUT2D eigenvalue weighted by molar-refractivity contribution is 7.92. The van der Waals surface area contributed by atoms with Gasteiger partial charge in [-0.15, -0.1) is 11.3 Å². The molecule has 0 saturated carbocycles. The zero-order chi connectivity index (χ0) is 26.7. The SMILES string of the molecule is C[C@@H](NC(=O)[C@H](O)[C@@H](O)C(=O)N1CCC[C@@H]1c1csc(NS(C)(=O)=O)n1)c1ccc(N2C=CCN2)cc1. The number of anilines is 2. The zero-order valence-corrected chi connectivity index (χ0v) is 22.0. The Balaban J connectivity index is 1.36. The molecule has 4 rings (SSSR count). The van der Waals surface area contributed by atoms with Crippen molar-refractivity contribution in [2.75, 3.05) is 29.1 Å². The van der Waals surface area contributed by atoms with Gasteiger partial charge in [0.25, 0.3) is 11.8 Å². The minimum atomic E-state index is -3.50. The van der Waals surface area contributed by atoms with Crippen molar-refractivity contribution in [3.63, 3.8) is 0 Å². The Morgan fingerprint density at radius 1 is 1.22 bits per heavy atom. The monoisotopic (exact) mass is 550 g/mol. The quantitative estimate of drug-likeness (QED) is 0.301. The lowest BCUT2D eigenvalue weighted by Gasteiger charge is -2.28. The summed E-state index contributed by atoms with van der Waals surface area (Å²) < 4.78 is 25.2. The molecule has 200 valence electrons. The first-order valence-electron chi connectivity index (χ1n) is 11.7. The zero-order valence-electron chi connectivity index (χ0n) is 20.4. The summed E-state index contributed by atoms with van der Waals surface area (Å²) in [5, 5.41) is 27.3. The summed E-state index contributed by atoms with van der Waals surface area (Å²) in [7, 11) is -3.50. The number of nitrogens with zero attached hydrogens (tertiary/aromatic N) is 3. The van der Waals surface area contributed by atoms with Crippen LogP contribution in [0.25, 0.3) is 0 Å². The molecule has 5 N–H and O–H groups in total. The predicted molar refractivity (Wildman–Crippen MR) is 139 cm³/mol. The van der Waals surface area contributed by atoms with Gasteiger partial charge in [0, 0.05) is 24.7 Å². The molecule has 1 aromatic heterocycles. The summed E-state index contributed by atoms with van der Waals surface area (Å²) in [5.41, 5.74) is 5.35. The third kappa shape index (κ3) is 6.45. The summed E-state index contributed by atoms with van der Waals surface area (Å²) in [6.07, 6.45) is 2.18. The number of likely N-dealkylation sites (tertiary alicyclic amines) is 1. The first-order valence-corrected chi connectivity index (χ1v) is 14.5. The van der Waals surface area contributed by atoms with Crippen LogP contribution in [0.5, 0.6) is 0 Å². The maximum atomic E-state index is 13.0.